The van der Waals surface area contributed by atoms with Crippen molar-refractivity contribution < 1.29 is 23.4 Å². The molecule has 1 aliphatic carbocycles. The smallest absolute Gasteiger partial charge is 0.173 e. The quantitative estimate of drug-likeness (QED) is 0.765. The first-order valence-corrected chi connectivity index (χ1v) is 10.3. The summed E-state index contributed by atoms with van der Waals surface area (Å²) < 4.78 is 33.4. The molecule has 0 radical (unpaired) electrons. The average Bonchev–Trinajstić information content (AvgIpc) is 3.34. The van der Waals surface area contributed by atoms with Crippen LogP contribution < -0.4 is 0 Å². The van der Waals surface area contributed by atoms with Crippen LogP contribution in [0, 0.1) is 61.5 Å². The number of aliphatic hydroxyl groups excluding tert-OH is 1. The first kappa shape index (κ1) is 19.9. The van der Waals surface area contributed by atoms with Gasteiger partial charge < -0.3 is 9.84 Å². The van der Waals surface area contributed by atoms with E-state index in [1.165, 1.54) is 6.07 Å². The molecule has 158 valence electrons. The highest BCUT2D eigenvalue weighted by Gasteiger charge is 2.66. The number of hydrogen-bond acceptors (Lipinski definition) is 4. The molecule has 6 heteroatoms. The maximum Gasteiger partial charge on any atom is 0.173 e. The van der Waals surface area contributed by atoms with Gasteiger partial charge in [-0.3, -0.25) is 4.79 Å². The Labute approximate surface area is 178 Å². The lowest BCUT2D eigenvalue weighted by molar-refractivity contribution is -0.119. The summed E-state index contributed by atoms with van der Waals surface area (Å²) in [5, 5.41) is 21.0. The van der Waals surface area contributed by atoms with Gasteiger partial charge in [-0.05, 0) is 55.2 Å². The van der Waals surface area contributed by atoms with Crippen LogP contribution >= 0.6 is 0 Å². The number of nitriles is 1. The minimum absolute atomic E-state index is 0.0264. The first-order chi connectivity index (χ1) is 14.7. The number of allylic oxidation sites excluding steroid dienone is 1. The molecule has 31 heavy (non-hydrogen) atoms. The number of fused-ring (bicyclic) bond motifs is 5. The molecule has 5 rings (SSSR count). The number of rotatable bonds is 2. The fourth-order valence-corrected chi connectivity index (χ4v) is 5.98. The molecule has 2 aliphatic heterocycles. The average molecular weight is 421 g/mol. The summed E-state index contributed by atoms with van der Waals surface area (Å²) in [7, 11) is 0. The molecule has 2 heterocycles. The summed E-state index contributed by atoms with van der Waals surface area (Å²) in [6.07, 6.45) is -1.35. The monoisotopic (exact) mass is 421 g/mol. The highest BCUT2D eigenvalue weighted by molar-refractivity contribution is 6.26. The van der Waals surface area contributed by atoms with Crippen LogP contribution in [0.5, 0.6) is 0 Å². The highest BCUT2D eigenvalue weighted by atomic mass is 19.2. The van der Waals surface area contributed by atoms with Crippen LogP contribution in [-0.2, 0) is 9.53 Å². The SMILES string of the molecule is Cc1cc(C)c(C2=C(O)[C@H]3[C@H]4O[C@@H]([C@H]3C2=O)[C@H](c2ccc(F)c(F)c2)[C@@H]4C#N)c(C)c1. The van der Waals surface area contributed by atoms with Crippen LogP contribution in [0.4, 0.5) is 8.78 Å². The van der Waals surface area contributed by atoms with Gasteiger partial charge in [-0.25, -0.2) is 8.78 Å². The number of hydrogen-bond donors (Lipinski definition) is 1. The Morgan fingerprint density at radius 2 is 1.65 bits per heavy atom. The minimum Gasteiger partial charge on any atom is -0.511 e. The summed E-state index contributed by atoms with van der Waals surface area (Å²) >= 11 is 0. The number of aliphatic hydroxyl groups is 1. The van der Waals surface area contributed by atoms with Gasteiger partial charge in [-0.2, -0.15) is 5.26 Å². The number of ketones is 1. The molecule has 0 spiro atoms. The zero-order valence-corrected chi connectivity index (χ0v) is 17.3. The second-order valence-electron chi connectivity index (χ2n) is 8.87. The van der Waals surface area contributed by atoms with E-state index < -0.39 is 47.5 Å². The van der Waals surface area contributed by atoms with Gasteiger partial charge >= 0.3 is 0 Å². The third kappa shape index (κ3) is 2.63. The zero-order chi connectivity index (χ0) is 22.2. The third-order valence-corrected chi connectivity index (χ3v) is 7.03. The van der Waals surface area contributed by atoms with Crippen LogP contribution in [-0.4, -0.2) is 23.1 Å². The molecule has 6 atom stereocenters. The van der Waals surface area contributed by atoms with Gasteiger partial charge in [0.05, 0.1) is 41.6 Å². The molecule has 3 aliphatic rings. The zero-order valence-electron chi connectivity index (χ0n) is 17.3. The lowest BCUT2D eigenvalue weighted by Gasteiger charge is -2.31. The van der Waals surface area contributed by atoms with Crippen LogP contribution in [0.15, 0.2) is 36.1 Å². The van der Waals surface area contributed by atoms with E-state index in [1.54, 1.807) is 0 Å². The molecule has 2 aromatic rings. The number of Topliss-reactive ketones (excluding diaryl/α,β-unsaturated/α-hetero) is 1. The largest absolute Gasteiger partial charge is 0.511 e. The summed E-state index contributed by atoms with van der Waals surface area (Å²) in [5.41, 5.74) is 4.31. The van der Waals surface area contributed by atoms with Crippen molar-refractivity contribution in [1.82, 2.24) is 0 Å². The van der Waals surface area contributed by atoms with Gasteiger partial charge in [0.1, 0.15) is 5.76 Å². The highest BCUT2D eigenvalue weighted by Crippen LogP contribution is 2.60. The van der Waals surface area contributed by atoms with Crippen LogP contribution in [0.25, 0.3) is 5.57 Å². The lowest BCUT2D eigenvalue weighted by Crippen LogP contribution is -2.39. The van der Waals surface area contributed by atoms with Crippen LogP contribution in [0.1, 0.15) is 33.7 Å². The van der Waals surface area contributed by atoms with E-state index in [2.05, 4.69) is 6.07 Å². The minimum atomic E-state index is -1.00. The summed E-state index contributed by atoms with van der Waals surface area (Å²) in [5.74, 6) is -4.70. The van der Waals surface area contributed by atoms with Crippen molar-refractivity contribution in [3.63, 3.8) is 0 Å². The number of ether oxygens (including phenoxy) is 1. The maximum absolute atomic E-state index is 13.9. The summed E-state index contributed by atoms with van der Waals surface area (Å²) in [6, 6.07) is 9.70. The van der Waals surface area contributed by atoms with Crippen molar-refractivity contribution in [1.29, 1.82) is 5.26 Å². The molecule has 1 N–H and O–H groups in total. The Bertz CT molecular complexity index is 1190. The van der Waals surface area contributed by atoms with Crippen molar-refractivity contribution in [2.45, 2.75) is 38.9 Å². The Morgan fingerprint density at radius 3 is 2.26 bits per heavy atom. The predicted molar refractivity (Wildman–Crippen MR) is 109 cm³/mol. The topological polar surface area (TPSA) is 70.3 Å². The van der Waals surface area contributed by atoms with Crippen LogP contribution in [0.2, 0.25) is 0 Å². The molecular weight excluding hydrogens is 400 g/mol. The van der Waals surface area contributed by atoms with Crippen molar-refractivity contribution in [3.05, 3.63) is 75.5 Å². The lowest BCUT2D eigenvalue weighted by atomic mass is 9.67. The second-order valence-corrected chi connectivity index (χ2v) is 8.87. The molecule has 0 aromatic heterocycles. The Kier molecular flexibility index (Phi) is 4.32. The summed E-state index contributed by atoms with van der Waals surface area (Å²) in [4.78, 5) is 13.6. The fraction of sp³-hybridized carbons (Fsp3) is 0.360. The first-order valence-electron chi connectivity index (χ1n) is 10.3. The molecule has 4 nitrogen and oxygen atoms in total. The number of carbonyl (C=O) groups is 1. The van der Waals surface area contributed by atoms with Crippen molar-refractivity contribution >= 4 is 11.4 Å². The number of aryl methyl sites for hydroxylation is 3. The standard InChI is InChI=1S/C25H21F2NO3/c1-10-6-11(2)17(12(3)7-10)19-22(29)20-21(23(19)30)25-18(14(9-28)24(20)31-25)13-4-5-15(26)16(27)8-13/h4-8,14,18,20-21,24-25,29H,1-3H3/t14-,18+,20-,21+,24-,25+/m0/s1. The molecule has 2 aromatic carbocycles. The van der Waals surface area contributed by atoms with E-state index in [1.807, 2.05) is 32.9 Å². The molecule has 0 saturated carbocycles. The molecule has 0 unspecified atom stereocenters. The van der Waals surface area contributed by atoms with Gasteiger partial charge in [-0.1, -0.05) is 23.8 Å². The van der Waals surface area contributed by atoms with Gasteiger partial charge in [-0.15, -0.1) is 0 Å². The number of benzene rings is 2. The van der Waals surface area contributed by atoms with Crippen molar-refractivity contribution in [3.8, 4) is 6.07 Å². The predicted octanol–water partition coefficient (Wildman–Crippen LogP) is 4.68. The van der Waals surface area contributed by atoms with E-state index >= 15 is 0 Å². The van der Waals surface area contributed by atoms with Gasteiger partial charge in [0.2, 0.25) is 0 Å². The van der Waals surface area contributed by atoms with Crippen LogP contribution in [0.3, 0.4) is 0 Å². The summed E-state index contributed by atoms with van der Waals surface area (Å²) in [6.45, 7) is 5.79. The Balaban J connectivity index is 1.60. The van der Waals surface area contributed by atoms with Gasteiger partial charge in [0, 0.05) is 5.92 Å². The van der Waals surface area contributed by atoms with Gasteiger partial charge in [0.15, 0.2) is 17.4 Å². The van der Waals surface area contributed by atoms with Gasteiger partial charge in [0.25, 0.3) is 0 Å². The van der Waals surface area contributed by atoms with E-state index in [9.17, 15) is 23.9 Å². The molecule has 2 bridgehead atoms. The van der Waals surface area contributed by atoms with E-state index in [-0.39, 0.29) is 11.5 Å². The van der Waals surface area contributed by atoms with E-state index in [0.717, 1.165) is 34.4 Å². The maximum atomic E-state index is 13.9. The number of halogens is 2. The third-order valence-electron chi connectivity index (χ3n) is 7.03. The Morgan fingerprint density at radius 1 is 0.968 bits per heavy atom. The molecule has 0 amide bonds. The number of nitrogens with zero attached hydrogens (tertiary/aromatic N) is 1. The molecule has 2 fully saturated rings. The second kappa shape index (κ2) is 6.73. The molecular formula is C25H21F2NO3. The molecule has 2 saturated heterocycles. The van der Waals surface area contributed by atoms with E-state index in [4.69, 9.17) is 4.74 Å². The normalized spacial score (nSPS) is 31.3. The number of carbonyl (C=O) groups excluding carboxylic acids is 1. The van der Waals surface area contributed by atoms with Crippen molar-refractivity contribution in [2.75, 3.05) is 0 Å². The Hall–Kier alpha value is -3.04. The van der Waals surface area contributed by atoms with Crippen molar-refractivity contribution in [2.24, 2.45) is 17.8 Å². The van der Waals surface area contributed by atoms with E-state index in [0.29, 0.717) is 11.1 Å². The fourth-order valence-electron chi connectivity index (χ4n) is 5.98.